The normalized spacial score (nSPS) is 39.7. The van der Waals surface area contributed by atoms with E-state index in [9.17, 15) is 26.4 Å². The number of ether oxygens (including phenoxy) is 1. The first-order valence-electron chi connectivity index (χ1n) is 7.31. The van der Waals surface area contributed by atoms with Gasteiger partial charge in [0, 0.05) is 9.16 Å². The van der Waals surface area contributed by atoms with Crippen molar-refractivity contribution in [2.45, 2.75) is 49.6 Å². The number of rotatable bonds is 2. The SMILES string of the molecule is [2H]C1C([2H])C2(C)CC(OS(=O)(=O)C(F)(F)F)=CC1(C)N2C(=O)OC. The van der Waals surface area contributed by atoms with Gasteiger partial charge in [-0.15, -0.1) is 0 Å². The molecule has 2 aliphatic heterocycles. The second-order valence-electron chi connectivity index (χ2n) is 5.49. The fourth-order valence-corrected chi connectivity index (χ4v) is 3.25. The summed E-state index contributed by atoms with van der Waals surface area (Å²) in [4.78, 5) is 13.1. The zero-order valence-electron chi connectivity index (χ0n) is 14.0. The molecule has 0 aliphatic carbocycles. The fraction of sp³-hybridized carbons (Fsp3) is 0.750. The molecule has 0 saturated carbocycles. The van der Waals surface area contributed by atoms with E-state index in [1.165, 1.54) is 13.8 Å². The van der Waals surface area contributed by atoms with Crippen molar-refractivity contribution >= 4 is 16.2 Å². The minimum Gasteiger partial charge on any atom is -0.453 e. The molecule has 2 rings (SSSR count). The van der Waals surface area contributed by atoms with Crippen LogP contribution in [0.15, 0.2) is 11.8 Å². The average Bonchev–Trinajstić information content (AvgIpc) is 2.50. The third kappa shape index (κ3) is 2.53. The summed E-state index contributed by atoms with van der Waals surface area (Å²) in [6.45, 7) is 2.72. The van der Waals surface area contributed by atoms with Gasteiger partial charge in [-0.1, -0.05) is 0 Å². The van der Waals surface area contributed by atoms with Gasteiger partial charge in [0.2, 0.25) is 0 Å². The minimum absolute atomic E-state index is 0.462. The van der Waals surface area contributed by atoms with Crippen LogP contribution in [0.25, 0.3) is 0 Å². The highest BCUT2D eigenvalue weighted by atomic mass is 32.2. The van der Waals surface area contributed by atoms with Gasteiger partial charge < -0.3 is 8.92 Å². The van der Waals surface area contributed by atoms with Crippen molar-refractivity contribution in [2.24, 2.45) is 0 Å². The highest BCUT2D eigenvalue weighted by Gasteiger charge is 2.57. The van der Waals surface area contributed by atoms with Crippen molar-refractivity contribution in [1.29, 1.82) is 0 Å². The van der Waals surface area contributed by atoms with Crippen LogP contribution in [0.5, 0.6) is 0 Å². The van der Waals surface area contributed by atoms with Crippen LogP contribution >= 0.6 is 0 Å². The van der Waals surface area contributed by atoms with Gasteiger partial charge in [-0.25, -0.2) is 4.79 Å². The molecule has 0 aromatic rings. The van der Waals surface area contributed by atoms with Gasteiger partial charge in [-0.3, -0.25) is 4.90 Å². The summed E-state index contributed by atoms with van der Waals surface area (Å²) >= 11 is 0. The standard InChI is InChI=1S/C12H16F3NO5S/c1-10-4-5-11(2,16(10)9(17)20-3)7-8(6-10)21-22(18,19)12(13,14)15/h6H,4-5,7H2,1-3H3/i4D,5D. The van der Waals surface area contributed by atoms with E-state index in [0.717, 1.165) is 18.1 Å². The number of fused-ring (bicyclic) bond motifs is 2. The molecule has 126 valence electrons. The number of alkyl halides is 3. The van der Waals surface area contributed by atoms with Crippen molar-refractivity contribution in [3.05, 3.63) is 11.8 Å². The summed E-state index contributed by atoms with van der Waals surface area (Å²) in [7, 11) is -4.78. The first-order chi connectivity index (χ1) is 10.7. The van der Waals surface area contributed by atoms with E-state index in [-0.39, 0.29) is 0 Å². The number of carbonyl (C=O) groups excluding carboxylic acids is 1. The predicted octanol–water partition coefficient (Wildman–Crippen LogP) is 2.52. The topological polar surface area (TPSA) is 72.9 Å². The van der Waals surface area contributed by atoms with E-state index < -0.39 is 57.8 Å². The summed E-state index contributed by atoms with van der Waals surface area (Å²) < 4.78 is 85.0. The Morgan fingerprint density at radius 2 is 2.00 bits per heavy atom. The molecule has 0 aromatic carbocycles. The summed E-state index contributed by atoms with van der Waals surface area (Å²) in [5.41, 5.74) is -8.59. The molecule has 0 radical (unpaired) electrons. The highest BCUT2D eigenvalue weighted by Crippen LogP contribution is 2.50. The average molecular weight is 345 g/mol. The van der Waals surface area contributed by atoms with Gasteiger partial charge in [0.15, 0.2) is 0 Å². The summed E-state index contributed by atoms with van der Waals surface area (Å²) in [5, 5.41) is 0. The molecule has 6 nitrogen and oxygen atoms in total. The molecule has 4 atom stereocenters. The first-order valence-corrected chi connectivity index (χ1v) is 7.57. The number of hydrogen-bond donors (Lipinski definition) is 0. The molecular formula is C12H16F3NO5S. The smallest absolute Gasteiger partial charge is 0.453 e. The van der Waals surface area contributed by atoms with Gasteiger partial charge in [0.1, 0.15) is 5.76 Å². The molecule has 4 unspecified atom stereocenters. The van der Waals surface area contributed by atoms with Crippen LogP contribution in [0.4, 0.5) is 18.0 Å². The molecule has 0 aromatic heterocycles. The summed E-state index contributed by atoms with van der Waals surface area (Å²) in [6.07, 6.45) is -2.78. The van der Waals surface area contributed by atoms with E-state index in [2.05, 4.69) is 8.92 Å². The maximum atomic E-state index is 12.5. The molecule has 2 aliphatic rings. The highest BCUT2D eigenvalue weighted by molar-refractivity contribution is 7.87. The molecule has 2 bridgehead atoms. The van der Waals surface area contributed by atoms with Crippen molar-refractivity contribution in [3.8, 4) is 0 Å². The van der Waals surface area contributed by atoms with Crippen molar-refractivity contribution in [3.63, 3.8) is 0 Å². The lowest BCUT2D eigenvalue weighted by Gasteiger charge is -2.45. The number of halogens is 3. The Hall–Kier alpha value is -1.45. The van der Waals surface area contributed by atoms with E-state index in [4.69, 9.17) is 2.74 Å². The van der Waals surface area contributed by atoms with Crippen LogP contribution in [0.2, 0.25) is 0 Å². The zero-order chi connectivity index (χ0) is 18.7. The van der Waals surface area contributed by atoms with Crippen molar-refractivity contribution in [1.82, 2.24) is 4.90 Å². The lowest BCUT2D eigenvalue weighted by Crippen LogP contribution is -2.56. The largest absolute Gasteiger partial charge is 0.534 e. The predicted molar refractivity (Wildman–Crippen MR) is 69.0 cm³/mol. The van der Waals surface area contributed by atoms with E-state index >= 15 is 0 Å². The Bertz CT molecular complexity index is 697. The van der Waals surface area contributed by atoms with Crippen LogP contribution in [-0.2, 0) is 19.0 Å². The number of nitrogens with zero attached hydrogens (tertiary/aromatic N) is 1. The molecule has 1 saturated heterocycles. The maximum absolute atomic E-state index is 12.5. The molecule has 2 heterocycles. The minimum atomic E-state index is -5.87. The fourth-order valence-electron chi connectivity index (χ4n) is 2.77. The van der Waals surface area contributed by atoms with E-state index in [0.29, 0.717) is 0 Å². The van der Waals surface area contributed by atoms with Gasteiger partial charge in [-0.05, 0) is 32.7 Å². The Morgan fingerprint density at radius 3 is 2.45 bits per heavy atom. The van der Waals surface area contributed by atoms with E-state index in [1.807, 2.05) is 0 Å². The summed E-state index contributed by atoms with van der Waals surface area (Å²) in [6, 6.07) is 0. The molecule has 0 spiro atoms. The Morgan fingerprint density at radius 1 is 1.41 bits per heavy atom. The molecule has 1 amide bonds. The zero-order valence-corrected chi connectivity index (χ0v) is 12.8. The van der Waals surface area contributed by atoms with Gasteiger partial charge >= 0.3 is 21.7 Å². The Kier molecular flexibility index (Phi) is 3.07. The Labute approximate surface area is 128 Å². The van der Waals surface area contributed by atoms with Crippen LogP contribution in [0.3, 0.4) is 0 Å². The number of carbonyl (C=O) groups is 1. The van der Waals surface area contributed by atoms with Gasteiger partial charge in [0.05, 0.1) is 18.2 Å². The van der Waals surface area contributed by atoms with Crippen LogP contribution in [0, 0.1) is 0 Å². The van der Waals surface area contributed by atoms with E-state index in [1.54, 1.807) is 0 Å². The lowest BCUT2D eigenvalue weighted by molar-refractivity contribution is -0.0532. The summed E-state index contributed by atoms with van der Waals surface area (Å²) in [5.74, 6) is -0.551. The van der Waals surface area contributed by atoms with Gasteiger partial charge in [-0.2, -0.15) is 21.6 Å². The second-order valence-corrected chi connectivity index (χ2v) is 7.03. The molecule has 10 heteroatoms. The number of methoxy groups -OCH3 is 1. The molecular weight excluding hydrogens is 327 g/mol. The quantitative estimate of drug-likeness (QED) is 0.568. The van der Waals surface area contributed by atoms with Gasteiger partial charge in [0.25, 0.3) is 0 Å². The number of amides is 1. The number of hydrogen-bond acceptors (Lipinski definition) is 5. The van der Waals surface area contributed by atoms with Crippen LogP contribution in [0.1, 0.15) is 35.8 Å². The Balaban J connectivity index is 2.51. The maximum Gasteiger partial charge on any atom is 0.534 e. The molecule has 0 N–H and O–H groups in total. The van der Waals surface area contributed by atoms with Crippen LogP contribution < -0.4 is 0 Å². The second kappa shape index (κ2) is 4.77. The van der Waals surface area contributed by atoms with Crippen molar-refractivity contribution in [2.75, 3.05) is 7.11 Å². The lowest BCUT2D eigenvalue weighted by atomic mass is 9.91. The first kappa shape index (κ1) is 14.2. The monoisotopic (exact) mass is 345 g/mol. The molecule has 22 heavy (non-hydrogen) atoms. The van der Waals surface area contributed by atoms with Crippen molar-refractivity contribution < 1.29 is 38.0 Å². The molecule has 1 fully saturated rings. The third-order valence-corrected chi connectivity index (χ3v) is 4.62. The third-order valence-electron chi connectivity index (χ3n) is 3.62. The van der Waals surface area contributed by atoms with Crippen LogP contribution in [-0.4, -0.2) is 43.1 Å².